The minimum Gasteiger partial charge on any atom is -0.375 e. The number of nitrogens with one attached hydrogen (secondary N) is 3. The third-order valence-corrected chi connectivity index (χ3v) is 3.63. The fourth-order valence-corrected chi connectivity index (χ4v) is 2.38. The van der Waals surface area contributed by atoms with Gasteiger partial charge in [-0.15, -0.1) is 0 Å². The highest BCUT2D eigenvalue weighted by atomic mass is 32.1. The van der Waals surface area contributed by atoms with Gasteiger partial charge in [-0.3, -0.25) is 4.79 Å². The van der Waals surface area contributed by atoms with E-state index in [0.29, 0.717) is 27.1 Å². The van der Waals surface area contributed by atoms with Crippen molar-refractivity contribution in [3.05, 3.63) is 34.8 Å². The van der Waals surface area contributed by atoms with Gasteiger partial charge in [-0.1, -0.05) is 11.3 Å². The summed E-state index contributed by atoms with van der Waals surface area (Å²) in [5.74, 6) is -0.256. The van der Waals surface area contributed by atoms with Gasteiger partial charge in [0.25, 0.3) is 5.91 Å². The molecule has 7 nitrogen and oxygen atoms in total. The van der Waals surface area contributed by atoms with E-state index in [0.717, 1.165) is 11.3 Å². The predicted molar refractivity (Wildman–Crippen MR) is 83.7 cm³/mol. The van der Waals surface area contributed by atoms with Crippen LogP contribution in [0.5, 0.6) is 0 Å². The van der Waals surface area contributed by atoms with Crippen molar-refractivity contribution in [2.45, 2.75) is 6.92 Å². The van der Waals surface area contributed by atoms with Crippen molar-refractivity contribution in [3.8, 4) is 0 Å². The molecule has 21 heavy (non-hydrogen) atoms. The zero-order valence-corrected chi connectivity index (χ0v) is 12.4. The molecule has 3 amide bonds. The first-order valence-electron chi connectivity index (χ1n) is 6.12. The van der Waals surface area contributed by atoms with Gasteiger partial charge >= 0.3 is 6.03 Å². The molecule has 5 N–H and O–H groups in total. The van der Waals surface area contributed by atoms with E-state index in [1.165, 1.54) is 7.05 Å². The fourth-order valence-electron chi connectivity index (χ4n) is 1.65. The van der Waals surface area contributed by atoms with Crippen LogP contribution in [0.15, 0.2) is 24.3 Å². The van der Waals surface area contributed by atoms with Crippen LogP contribution in [0.25, 0.3) is 0 Å². The summed E-state index contributed by atoms with van der Waals surface area (Å²) in [6, 6.07) is 6.48. The van der Waals surface area contributed by atoms with Gasteiger partial charge in [0.05, 0.1) is 5.69 Å². The molecule has 2 rings (SSSR count). The lowest BCUT2D eigenvalue weighted by molar-refractivity contribution is 0.103. The second-order valence-electron chi connectivity index (χ2n) is 4.20. The number of nitrogens with two attached hydrogens (primary N) is 1. The minimum absolute atomic E-state index is 0.256. The van der Waals surface area contributed by atoms with Crippen molar-refractivity contribution in [2.75, 3.05) is 23.4 Å². The number of anilines is 3. The second-order valence-corrected chi connectivity index (χ2v) is 5.23. The van der Waals surface area contributed by atoms with Crippen molar-refractivity contribution in [1.29, 1.82) is 0 Å². The second kappa shape index (κ2) is 6.23. The van der Waals surface area contributed by atoms with E-state index in [4.69, 9.17) is 5.73 Å². The Morgan fingerprint density at radius 3 is 2.19 bits per heavy atom. The van der Waals surface area contributed by atoms with E-state index in [-0.39, 0.29) is 11.9 Å². The molecule has 8 heteroatoms. The summed E-state index contributed by atoms with van der Waals surface area (Å²) in [5.41, 5.74) is 7.43. The van der Waals surface area contributed by atoms with Gasteiger partial charge in [0.15, 0.2) is 5.13 Å². The van der Waals surface area contributed by atoms with E-state index >= 15 is 0 Å². The first kappa shape index (κ1) is 14.8. The molecule has 0 bridgehead atoms. The molecular weight excluding hydrogens is 290 g/mol. The normalized spacial score (nSPS) is 10.0. The van der Waals surface area contributed by atoms with Crippen LogP contribution in [-0.2, 0) is 0 Å². The highest BCUT2D eigenvalue weighted by Crippen LogP contribution is 2.21. The number of amides is 3. The van der Waals surface area contributed by atoms with Gasteiger partial charge in [0.1, 0.15) is 4.88 Å². The number of nitrogen functional groups attached to an aromatic ring is 1. The van der Waals surface area contributed by atoms with Crippen molar-refractivity contribution >= 4 is 39.8 Å². The highest BCUT2D eigenvalue weighted by molar-refractivity contribution is 7.17. The molecule has 0 radical (unpaired) electrons. The van der Waals surface area contributed by atoms with Gasteiger partial charge in [-0.2, -0.15) is 0 Å². The summed E-state index contributed by atoms with van der Waals surface area (Å²) in [6.07, 6.45) is 0. The molecule has 0 saturated heterocycles. The van der Waals surface area contributed by atoms with Gasteiger partial charge < -0.3 is 21.7 Å². The summed E-state index contributed by atoms with van der Waals surface area (Å²) in [7, 11) is 1.53. The maximum absolute atomic E-state index is 12.1. The molecule has 110 valence electrons. The summed E-state index contributed by atoms with van der Waals surface area (Å²) < 4.78 is 0. The predicted octanol–water partition coefficient (Wildman–Crippen LogP) is 2.04. The van der Waals surface area contributed by atoms with Crippen LogP contribution < -0.4 is 21.7 Å². The Kier molecular flexibility index (Phi) is 4.39. The highest BCUT2D eigenvalue weighted by Gasteiger charge is 2.14. The van der Waals surface area contributed by atoms with Gasteiger partial charge in [-0.05, 0) is 31.2 Å². The third-order valence-electron chi connectivity index (χ3n) is 2.65. The number of urea groups is 1. The van der Waals surface area contributed by atoms with E-state index in [1.54, 1.807) is 31.2 Å². The Morgan fingerprint density at radius 1 is 1.14 bits per heavy atom. The number of carbonyl (C=O) groups excluding carboxylic acids is 2. The number of rotatable bonds is 3. The maximum atomic E-state index is 12.1. The molecule has 0 fully saturated rings. The Morgan fingerprint density at radius 2 is 1.71 bits per heavy atom. The molecule has 1 aromatic heterocycles. The number of hydrogen-bond donors (Lipinski definition) is 4. The van der Waals surface area contributed by atoms with Crippen LogP contribution >= 0.6 is 11.3 Å². The molecule has 0 spiro atoms. The van der Waals surface area contributed by atoms with Gasteiger partial charge in [-0.25, -0.2) is 9.78 Å². The van der Waals surface area contributed by atoms with Crippen LogP contribution in [0.2, 0.25) is 0 Å². The number of aryl methyl sites for hydroxylation is 1. The van der Waals surface area contributed by atoms with E-state index < -0.39 is 0 Å². The van der Waals surface area contributed by atoms with Crippen LogP contribution in [0.1, 0.15) is 15.4 Å². The first-order valence-corrected chi connectivity index (χ1v) is 6.94. The molecule has 0 atom stereocenters. The number of hydrogen-bond acceptors (Lipinski definition) is 5. The van der Waals surface area contributed by atoms with Crippen molar-refractivity contribution in [3.63, 3.8) is 0 Å². The molecule has 0 saturated carbocycles. The Labute approximate surface area is 125 Å². The fraction of sp³-hybridized carbons (Fsp3) is 0.154. The Balaban J connectivity index is 2.05. The molecular formula is C13H15N5O2S. The van der Waals surface area contributed by atoms with E-state index in [1.807, 2.05) is 0 Å². The Hall–Kier alpha value is -2.61. The summed E-state index contributed by atoms with van der Waals surface area (Å²) in [5, 5.41) is 8.20. The zero-order chi connectivity index (χ0) is 15.4. The largest absolute Gasteiger partial charge is 0.375 e. The van der Waals surface area contributed by atoms with E-state index in [2.05, 4.69) is 20.9 Å². The van der Waals surface area contributed by atoms with Gasteiger partial charge in [0, 0.05) is 18.4 Å². The molecule has 0 unspecified atom stereocenters. The van der Waals surface area contributed by atoms with E-state index in [9.17, 15) is 9.59 Å². The maximum Gasteiger partial charge on any atom is 0.318 e. The van der Waals surface area contributed by atoms with Crippen molar-refractivity contribution in [2.24, 2.45) is 0 Å². The third kappa shape index (κ3) is 3.69. The lowest BCUT2D eigenvalue weighted by Crippen LogP contribution is -2.24. The quantitative estimate of drug-likeness (QED) is 0.695. The average Bonchev–Trinajstić information content (AvgIpc) is 2.80. The number of aromatic nitrogens is 1. The molecule has 1 heterocycles. The molecule has 2 aromatic rings. The molecule has 0 aliphatic carbocycles. The number of nitrogens with zero attached hydrogens (tertiary/aromatic N) is 1. The summed E-state index contributed by atoms with van der Waals surface area (Å²) in [4.78, 5) is 27.7. The standard InChI is InChI=1S/C13H15N5O2S/c1-7-10(21-12(14)16-7)11(19)17-8-3-5-9(6-4-8)18-13(20)15-2/h3-6H,1-2H3,(H2,14,16)(H,17,19)(H2,15,18,20). The molecule has 0 aliphatic heterocycles. The average molecular weight is 305 g/mol. The first-order chi connectivity index (χ1) is 9.99. The molecule has 1 aromatic carbocycles. The topological polar surface area (TPSA) is 109 Å². The minimum atomic E-state index is -0.303. The number of carbonyl (C=O) groups is 2. The van der Waals surface area contributed by atoms with Crippen LogP contribution in [0, 0.1) is 6.92 Å². The summed E-state index contributed by atoms with van der Waals surface area (Å²) in [6.45, 7) is 1.73. The lowest BCUT2D eigenvalue weighted by atomic mass is 10.2. The van der Waals surface area contributed by atoms with Crippen LogP contribution in [-0.4, -0.2) is 24.0 Å². The van der Waals surface area contributed by atoms with Gasteiger partial charge in [0.2, 0.25) is 0 Å². The monoisotopic (exact) mass is 305 g/mol. The smallest absolute Gasteiger partial charge is 0.318 e. The van der Waals surface area contributed by atoms with Crippen molar-refractivity contribution in [1.82, 2.24) is 10.3 Å². The lowest BCUT2D eigenvalue weighted by Gasteiger charge is -2.07. The number of thiazole rings is 1. The molecule has 0 aliphatic rings. The summed E-state index contributed by atoms with van der Waals surface area (Å²) >= 11 is 1.15. The van der Waals surface area contributed by atoms with Crippen LogP contribution in [0.4, 0.5) is 21.3 Å². The SMILES string of the molecule is CNC(=O)Nc1ccc(NC(=O)c2sc(N)nc2C)cc1. The van der Waals surface area contributed by atoms with Crippen LogP contribution in [0.3, 0.4) is 0 Å². The number of benzene rings is 1. The zero-order valence-electron chi connectivity index (χ0n) is 11.6. The van der Waals surface area contributed by atoms with Crippen molar-refractivity contribution < 1.29 is 9.59 Å². The Bertz CT molecular complexity index is 666.